The predicted octanol–water partition coefficient (Wildman–Crippen LogP) is 1.93. The van der Waals surface area contributed by atoms with E-state index in [1.165, 1.54) is 6.20 Å². The SMILES string of the molecule is Cc1c(Br)cnc(C#N)c1[N+](=O)[O-]. The quantitative estimate of drug-likeness (QED) is 0.556. The summed E-state index contributed by atoms with van der Waals surface area (Å²) >= 11 is 3.10. The van der Waals surface area contributed by atoms with Gasteiger partial charge in [0.05, 0.1) is 4.92 Å². The van der Waals surface area contributed by atoms with Gasteiger partial charge in [0.15, 0.2) is 0 Å². The minimum Gasteiger partial charge on any atom is -0.258 e. The van der Waals surface area contributed by atoms with Gasteiger partial charge < -0.3 is 0 Å². The molecule has 0 bridgehead atoms. The molecule has 6 heteroatoms. The van der Waals surface area contributed by atoms with Crippen molar-refractivity contribution in [3.63, 3.8) is 0 Å². The first-order valence-corrected chi connectivity index (χ1v) is 4.06. The highest BCUT2D eigenvalue weighted by atomic mass is 79.9. The van der Waals surface area contributed by atoms with Crippen molar-refractivity contribution < 1.29 is 4.92 Å². The fraction of sp³-hybridized carbons (Fsp3) is 0.143. The maximum atomic E-state index is 10.5. The Bertz CT molecular complexity index is 411. The molecule has 0 atom stereocenters. The normalized spacial score (nSPS) is 9.31. The van der Waals surface area contributed by atoms with Crippen molar-refractivity contribution in [3.8, 4) is 6.07 Å². The van der Waals surface area contributed by atoms with Crippen LogP contribution in [0.2, 0.25) is 0 Å². The summed E-state index contributed by atoms with van der Waals surface area (Å²) in [6, 6.07) is 1.67. The van der Waals surface area contributed by atoms with Crippen molar-refractivity contribution in [2.45, 2.75) is 6.92 Å². The Kier molecular flexibility index (Phi) is 2.58. The second-order valence-corrected chi connectivity index (χ2v) is 3.15. The highest BCUT2D eigenvalue weighted by Gasteiger charge is 2.20. The molecule has 1 rings (SSSR count). The van der Waals surface area contributed by atoms with Crippen molar-refractivity contribution >= 4 is 21.6 Å². The molecular formula is C7H4BrN3O2. The maximum Gasteiger partial charge on any atom is 0.309 e. The summed E-state index contributed by atoms with van der Waals surface area (Å²) in [5.74, 6) is 0. The summed E-state index contributed by atoms with van der Waals surface area (Å²) in [6.45, 7) is 1.56. The van der Waals surface area contributed by atoms with Gasteiger partial charge in [0.1, 0.15) is 6.07 Å². The van der Waals surface area contributed by atoms with Crippen molar-refractivity contribution in [1.29, 1.82) is 5.26 Å². The summed E-state index contributed by atoms with van der Waals surface area (Å²) in [7, 11) is 0. The zero-order chi connectivity index (χ0) is 10.0. The third-order valence-corrected chi connectivity index (χ3v) is 2.33. The van der Waals surface area contributed by atoms with E-state index in [2.05, 4.69) is 20.9 Å². The van der Waals surface area contributed by atoms with Gasteiger partial charge in [-0.1, -0.05) is 0 Å². The number of hydrogen-bond donors (Lipinski definition) is 0. The van der Waals surface area contributed by atoms with E-state index in [9.17, 15) is 10.1 Å². The van der Waals surface area contributed by atoms with Gasteiger partial charge in [0.2, 0.25) is 5.69 Å². The maximum absolute atomic E-state index is 10.5. The van der Waals surface area contributed by atoms with Gasteiger partial charge in [-0.15, -0.1) is 0 Å². The number of rotatable bonds is 1. The van der Waals surface area contributed by atoms with Crippen LogP contribution in [-0.2, 0) is 0 Å². The summed E-state index contributed by atoms with van der Waals surface area (Å²) in [4.78, 5) is 13.6. The van der Waals surface area contributed by atoms with Crippen LogP contribution in [0.25, 0.3) is 0 Å². The Balaban J connectivity index is 3.53. The molecule has 0 saturated carbocycles. The van der Waals surface area contributed by atoms with Gasteiger partial charge in [-0.3, -0.25) is 10.1 Å². The lowest BCUT2D eigenvalue weighted by Gasteiger charge is -1.99. The van der Waals surface area contributed by atoms with Crippen LogP contribution in [0.4, 0.5) is 5.69 Å². The first-order chi connectivity index (χ1) is 6.07. The van der Waals surface area contributed by atoms with Crippen LogP contribution in [0.15, 0.2) is 10.7 Å². The largest absolute Gasteiger partial charge is 0.309 e. The van der Waals surface area contributed by atoms with Crippen molar-refractivity contribution in [1.82, 2.24) is 4.98 Å². The van der Waals surface area contributed by atoms with Crippen molar-refractivity contribution in [3.05, 3.63) is 32.0 Å². The molecule has 13 heavy (non-hydrogen) atoms. The second-order valence-electron chi connectivity index (χ2n) is 2.30. The smallest absolute Gasteiger partial charge is 0.258 e. The zero-order valence-corrected chi connectivity index (χ0v) is 8.20. The fourth-order valence-corrected chi connectivity index (χ4v) is 1.17. The lowest BCUT2D eigenvalue weighted by atomic mass is 10.2. The van der Waals surface area contributed by atoms with E-state index in [-0.39, 0.29) is 11.4 Å². The highest BCUT2D eigenvalue weighted by Crippen LogP contribution is 2.26. The fourth-order valence-electron chi connectivity index (χ4n) is 0.875. The summed E-state index contributed by atoms with van der Waals surface area (Å²) < 4.78 is 0.526. The second kappa shape index (κ2) is 3.49. The summed E-state index contributed by atoms with van der Waals surface area (Å²) in [5, 5.41) is 19.1. The third-order valence-electron chi connectivity index (χ3n) is 1.53. The standard InChI is InChI=1S/C7H4BrN3O2/c1-4-5(8)3-10-6(2-9)7(4)11(12)13/h3H,1H3. The molecular weight excluding hydrogens is 238 g/mol. The van der Waals surface area contributed by atoms with Gasteiger partial charge >= 0.3 is 5.69 Å². The molecule has 0 aliphatic heterocycles. The molecule has 0 saturated heterocycles. The van der Waals surface area contributed by atoms with E-state index in [1.807, 2.05) is 0 Å². The molecule has 1 heterocycles. The van der Waals surface area contributed by atoms with Crippen LogP contribution in [0, 0.1) is 28.4 Å². The van der Waals surface area contributed by atoms with E-state index >= 15 is 0 Å². The van der Waals surface area contributed by atoms with E-state index in [0.29, 0.717) is 10.0 Å². The molecule has 66 valence electrons. The Morgan fingerprint density at radius 1 is 1.77 bits per heavy atom. The Labute approximate surface area is 82.3 Å². The molecule has 1 aromatic rings. The van der Waals surface area contributed by atoms with Crippen LogP contribution in [0.1, 0.15) is 11.3 Å². The number of nitriles is 1. The van der Waals surface area contributed by atoms with Gasteiger partial charge in [-0.05, 0) is 22.9 Å². The van der Waals surface area contributed by atoms with Crippen molar-refractivity contribution in [2.75, 3.05) is 0 Å². The third kappa shape index (κ3) is 1.65. The van der Waals surface area contributed by atoms with Crippen LogP contribution in [-0.4, -0.2) is 9.91 Å². The molecule has 0 unspecified atom stereocenters. The first-order valence-electron chi connectivity index (χ1n) is 3.27. The molecule has 0 N–H and O–H groups in total. The molecule has 0 aromatic carbocycles. The van der Waals surface area contributed by atoms with Crippen LogP contribution in [0.5, 0.6) is 0 Å². The molecule has 0 amide bonds. The zero-order valence-electron chi connectivity index (χ0n) is 6.61. The van der Waals surface area contributed by atoms with Crippen LogP contribution in [0.3, 0.4) is 0 Å². The molecule has 0 aliphatic rings. The number of aromatic nitrogens is 1. The molecule has 0 aliphatic carbocycles. The molecule has 5 nitrogen and oxygen atoms in total. The van der Waals surface area contributed by atoms with E-state index in [0.717, 1.165) is 0 Å². The van der Waals surface area contributed by atoms with Gasteiger partial charge in [0.25, 0.3) is 0 Å². The highest BCUT2D eigenvalue weighted by molar-refractivity contribution is 9.10. The summed E-state index contributed by atoms with van der Waals surface area (Å²) in [5.41, 5.74) is 0.0131. The van der Waals surface area contributed by atoms with Gasteiger partial charge in [-0.25, -0.2) is 4.98 Å². The average molecular weight is 242 g/mol. The van der Waals surface area contributed by atoms with E-state index in [4.69, 9.17) is 5.26 Å². The van der Waals surface area contributed by atoms with E-state index < -0.39 is 4.92 Å². The first kappa shape index (κ1) is 9.61. The topological polar surface area (TPSA) is 79.8 Å². The average Bonchev–Trinajstić information content (AvgIpc) is 2.08. The summed E-state index contributed by atoms with van der Waals surface area (Å²) in [6.07, 6.45) is 1.38. The van der Waals surface area contributed by atoms with Crippen LogP contribution < -0.4 is 0 Å². The number of nitrogens with zero attached hydrogens (tertiary/aromatic N) is 3. The molecule has 0 fully saturated rings. The predicted molar refractivity (Wildman–Crippen MR) is 48.0 cm³/mol. The molecule has 0 spiro atoms. The number of halogens is 1. The minimum absolute atomic E-state index is 0.161. The Morgan fingerprint density at radius 2 is 2.38 bits per heavy atom. The van der Waals surface area contributed by atoms with Crippen molar-refractivity contribution in [2.24, 2.45) is 0 Å². The monoisotopic (exact) mass is 241 g/mol. The number of pyridine rings is 1. The van der Waals surface area contributed by atoms with E-state index in [1.54, 1.807) is 13.0 Å². The molecule has 0 radical (unpaired) electrons. The lowest BCUT2D eigenvalue weighted by molar-refractivity contribution is -0.386. The number of hydrogen-bond acceptors (Lipinski definition) is 4. The van der Waals surface area contributed by atoms with Gasteiger partial charge in [0, 0.05) is 16.2 Å². The lowest BCUT2D eigenvalue weighted by Crippen LogP contribution is -1.98. The number of nitro groups is 1. The minimum atomic E-state index is -0.606. The Hall–Kier alpha value is -1.48. The Morgan fingerprint density at radius 3 is 2.85 bits per heavy atom. The van der Waals surface area contributed by atoms with Crippen LogP contribution >= 0.6 is 15.9 Å². The van der Waals surface area contributed by atoms with Gasteiger partial charge in [-0.2, -0.15) is 5.26 Å². The molecule has 1 aromatic heterocycles.